The number of thioether (sulfide) groups is 1. The number of carbonyl (C=O) groups excluding carboxylic acids is 1. The molecule has 2 heterocycles. The Morgan fingerprint density at radius 3 is 2.92 bits per heavy atom. The molecule has 2 N–H and O–H groups in total. The van der Waals surface area contributed by atoms with Gasteiger partial charge in [0.25, 0.3) is 0 Å². The molecule has 26 heavy (non-hydrogen) atoms. The number of imidazole rings is 1. The molecule has 0 saturated heterocycles. The normalized spacial score (nSPS) is 12.2. The zero-order valence-corrected chi connectivity index (χ0v) is 16.4. The van der Waals surface area contributed by atoms with Gasteiger partial charge in [0.05, 0.1) is 32.9 Å². The van der Waals surface area contributed by atoms with Crippen LogP contribution in [0.1, 0.15) is 13.8 Å². The zero-order chi connectivity index (χ0) is 18.7. The number of hydrogen-bond acceptors (Lipinski definition) is 5. The van der Waals surface area contributed by atoms with Gasteiger partial charge in [-0.15, -0.1) is 0 Å². The van der Waals surface area contributed by atoms with Crippen molar-refractivity contribution in [1.82, 2.24) is 15.0 Å². The second-order valence-corrected chi connectivity index (χ2v) is 7.56. The third-order valence-corrected chi connectivity index (χ3v) is 4.93. The summed E-state index contributed by atoms with van der Waals surface area (Å²) in [6, 6.07) is 7.16. The van der Waals surface area contributed by atoms with Crippen molar-refractivity contribution in [3.8, 4) is 5.75 Å². The number of nitrogens with zero attached hydrogens (tertiary/aromatic N) is 2. The van der Waals surface area contributed by atoms with Crippen molar-refractivity contribution in [2.45, 2.75) is 24.3 Å². The first-order chi connectivity index (χ1) is 12.5. The van der Waals surface area contributed by atoms with Gasteiger partial charge < -0.3 is 15.0 Å². The first kappa shape index (κ1) is 18.8. The third-order valence-electron chi connectivity index (χ3n) is 3.45. The van der Waals surface area contributed by atoms with Crippen LogP contribution in [0.2, 0.25) is 10.0 Å². The lowest BCUT2D eigenvalue weighted by molar-refractivity contribution is -0.115. The van der Waals surface area contributed by atoms with Crippen LogP contribution in [0.5, 0.6) is 5.75 Å². The van der Waals surface area contributed by atoms with Gasteiger partial charge in [-0.2, -0.15) is 0 Å². The van der Waals surface area contributed by atoms with Gasteiger partial charge in [0.2, 0.25) is 5.91 Å². The quantitative estimate of drug-likeness (QED) is 0.571. The van der Waals surface area contributed by atoms with E-state index in [0.29, 0.717) is 16.8 Å². The van der Waals surface area contributed by atoms with Crippen molar-refractivity contribution in [2.75, 3.05) is 11.9 Å². The average molecular weight is 411 g/mol. The molecular weight excluding hydrogens is 395 g/mol. The molecule has 9 heteroatoms. The molecule has 3 rings (SSSR count). The summed E-state index contributed by atoms with van der Waals surface area (Å²) < 4.78 is 5.48. The lowest BCUT2D eigenvalue weighted by atomic mass is 10.3. The number of anilines is 1. The van der Waals surface area contributed by atoms with Crippen LogP contribution in [0.25, 0.3) is 11.0 Å². The van der Waals surface area contributed by atoms with E-state index in [-0.39, 0.29) is 16.7 Å². The summed E-state index contributed by atoms with van der Waals surface area (Å²) in [5.41, 5.74) is 1.67. The Kier molecular flexibility index (Phi) is 5.90. The van der Waals surface area contributed by atoms with E-state index in [1.807, 2.05) is 25.1 Å². The van der Waals surface area contributed by atoms with Crippen molar-refractivity contribution >= 4 is 57.7 Å². The van der Waals surface area contributed by atoms with E-state index in [0.717, 1.165) is 16.8 Å². The molecule has 0 saturated carbocycles. The first-order valence-electron chi connectivity index (χ1n) is 7.87. The number of H-pyrrole nitrogens is 1. The van der Waals surface area contributed by atoms with Gasteiger partial charge in [-0.1, -0.05) is 35.0 Å². The summed E-state index contributed by atoms with van der Waals surface area (Å²) >= 11 is 13.1. The molecule has 0 radical (unpaired) electrons. The monoisotopic (exact) mass is 410 g/mol. The molecule has 0 aliphatic rings. The third kappa shape index (κ3) is 4.41. The maximum Gasteiger partial charge on any atom is 0.238 e. The second kappa shape index (κ2) is 8.16. The van der Waals surface area contributed by atoms with Gasteiger partial charge in [0.1, 0.15) is 5.75 Å². The highest BCUT2D eigenvalue weighted by molar-refractivity contribution is 8.00. The molecule has 1 amide bonds. The Balaban J connectivity index is 1.69. The molecule has 0 bridgehead atoms. The zero-order valence-electron chi connectivity index (χ0n) is 14.0. The molecule has 1 aromatic carbocycles. The highest BCUT2D eigenvalue weighted by Crippen LogP contribution is 2.27. The molecular formula is C17H16Cl2N4O2S. The summed E-state index contributed by atoms with van der Waals surface area (Å²) in [6.45, 7) is 4.31. The Morgan fingerprint density at radius 1 is 1.38 bits per heavy atom. The fourth-order valence-electron chi connectivity index (χ4n) is 2.22. The largest absolute Gasteiger partial charge is 0.494 e. The van der Waals surface area contributed by atoms with Crippen molar-refractivity contribution in [3.05, 3.63) is 40.5 Å². The number of fused-ring (bicyclic) bond motifs is 1. The number of benzene rings is 1. The highest BCUT2D eigenvalue weighted by atomic mass is 35.5. The predicted molar refractivity (Wildman–Crippen MR) is 105 cm³/mol. The number of halogens is 2. The van der Waals surface area contributed by atoms with E-state index in [1.165, 1.54) is 24.0 Å². The van der Waals surface area contributed by atoms with Crippen molar-refractivity contribution in [3.63, 3.8) is 0 Å². The Labute approximate surface area is 164 Å². The number of amides is 1. The number of pyridine rings is 1. The van der Waals surface area contributed by atoms with Crippen LogP contribution < -0.4 is 10.1 Å². The fraction of sp³-hybridized carbons (Fsp3) is 0.235. The lowest BCUT2D eigenvalue weighted by Gasteiger charge is -2.11. The molecule has 6 nitrogen and oxygen atoms in total. The highest BCUT2D eigenvalue weighted by Gasteiger charge is 2.18. The van der Waals surface area contributed by atoms with Crippen LogP contribution in [-0.2, 0) is 4.79 Å². The van der Waals surface area contributed by atoms with Gasteiger partial charge in [0.15, 0.2) is 11.0 Å². The van der Waals surface area contributed by atoms with Gasteiger partial charge in [-0.25, -0.2) is 9.97 Å². The topological polar surface area (TPSA) is 79.9 Å². The summed E-state index contributed by atoms with van der Waals surface area (Å²) in [5, 5.41) is 3.63. The molecule has 3 aromatic rings. The molecule has 136 valence electrons. The number of ether oxygens (including phenoxy) is 1. The molecule has 1 atom stereocenters. The van der Waals surface area contributed by atoms with Crippen LogP contribution in [0.4, 0.5) is 5.82 Å². The average Bonchev–Trinajstić information content (AvgIpc) is 2.99. The minimum absolute atomic E-state index is 0.234. The number of rotatable bonds is 6. The molecule has 0 aliphatic heterocycles. The smallest absolute Gasteiger partial charge is 0.238 e. The Bertz CT molecular complexity index is 948. The van der Waals surface area contributed by atoms with E-state index >= 15 is 0 Å². The van der Waals surface area contributed by atoms with Gasteiger partial charge in [-0.3, -0.25) is 4.79 Å². The number of hydrogen-bond donors (Lipinski definition) is 2. The summed E-state index contributed by atoms with van der Waals surface area (Å²) in [7, 11) is 0. The minimum Gasteiger partial charge on any atom is -0.494 e. The van der Waals surface area contributed by atoms with Crippen LogP contribution in [0.15, 0.2) is 35.6 Å². The summed E-state index contributed by atoms with van der Waals surface area (Å²) in [4.78, 5) is 24.1. The first-order valence-corrected chi connectivity index (χ1v) is 9.51. The lowest BCUT2D eigenvalue weighted by Crippen LogP contribution is -2.23. The molecule has 0 spiro atoms. The molecule has 2 aromatic heterocycles. The van der Waals surface area contributed by atoms with E-state index in [2.05, 4.69) is 20.3 Å². The van der Waals surface area contributed by atoms with Gasteiger partial charge >= 0.3 is 0 Å². The van der Waals surface area contributed by atoms with Gasteiger partial charge in [-0.05, 0) is 32.0 Å². The van der Waals surface area contributed by atoms with E-state index < -0.39 is 5.25 Å². The molecule has 0 unspecified atom stereocenters. The van der Waals surface area contributed by atoms with Crippen molar-refractivity contribution < 1.29 is 9.53 Å². The van der Waals surface area contributed by atoms with Crippen molar-refractivity contribution in [2.24, 2.45) is 0 Å². The fourth-order valence-corrected chi connectivity index (χ4v) is 3.47. The Hall–Kier alpha value is -1.96. The van der Waals surface area contributed by atoms with Crippen LogP contribution in [0.3, 0.4) is 0 Å². The SMILES string of the molecule is CCOc1ccc2nc(S[C@H](C)C(=O)Nc3ncc(Cl)cc3Cl)[nH]c2c1. The molecule has 0 aliphatic carbocycles. The second-order valence-electron chi connectivity index (χ2n) is 5.39. The maximum absolute atomic E-state index is 12.4. The Morgan fingerprint density at radius 2 is 2.19 bits per heavy atom. The van der Waals surface area contributed by atoms with Crippen LogP contribution >= 0.6 is 35.0 Å². The van der Waals surface area contributed by atoms with E-state index in [1.54, 1.807) is 6.92 Å². The summed E-state index contributed by atoms with van der Waals surface area (Å²) in [6.07, 6.45) is 1.43. The standard InChI is InChI=1S/C17H16Cl2N4O2S/c1-3-25-11-4-5-13-14(7-11)22-17(21-13)26-9(2)16(24)23-15-12(19)6-10(18)8-20-15/h4-9H,3H2,1-2H3,(H,21,22)(H,20,23,24)/t9-/m1/s1. The number of carbonyl (C=O) groups is 1. The molecule has 0 fully saturated rings. The van der Waals surface area contributed by atoms with Crippen LogP contribution in [-0.4, -0.2) is 32.7 Å². The predicted octanol–water partition coefficient (Wildman–Crippen LogP) is 4.78. The van der Waals surface area contributed by atoms with Crippen molar-refractivity contribution in [1.29, 1.82) is 0 Å². The van der Waals surface area contributed by atoms with E-state index in [9.17, 15) is 4.79 Å². The van der Waals surface area contributed by atoms with Gasteiger partial charge in [0, 0.05) is 12.3 Å². The number of nitrogens with one attached hydrogen (secondary N) is 2. The van der Waals surface area contributed by atoms with Crippen LogP contribution in [0, 0.1) is 0 Å². The number of aromatic nitrogens is 3. The summed E-state index contributed by atoms with van der Waals surface area (Å²) in [5.74, 6) is 0.816. The minimum atomic E-state index is -0.407. The van der Waals surface area contributed by atoms with E-state index in [4.69, 9.17) is 27.9 Å². The maximum atomic E-state index is 12.4. The number of aromatic amines is 1.